The molecule has 0 amide bonds. The van der Waals surface area contributed by atoms with E-state index in [0.29, 0.717) is 13.9 Å². The second kappa shape index (κ2) is 4.09. The van der Waals surface area contributed by atoms with Gasteiger partial charge in [0, 0.05) is 7.93 Å². The smallest absolute Gasteiger partial charge is 0.00688 e. The van der Waals surface area contributed by atoms with Crippen molar-refractivity contribution < 1.29 is 0 Å². The summed E-state index contributed by atoms with van der Waals surface area (Å²) < 4.78 is 0. The Hall–Kier alpha value is -0.0600. The zero-order chi connectivity index (χ0) is 8.27. The fraction of sp³-hybridized carbons (Fsp3) is 0.333. The van der Waals surface area contributed by atoms with Gasteiger partial charge in [-0.2, -0.15) is 0 Å². The van der Waals surface area contributed by atoms with Crippen molar-refractivity contribution in [2.75, 3.05) is 0 Å². The Kier molecular flexibility index (Phi) is 3.36. The summed E-state index contributed by atoms with van der Waals surface area (Å²) in [6, 6.07) is 8.35. The highest BCUT2D eigenvalue weighted by Crippen LogP contribution is 2.22. The first-order valence-corrected chi connectivity index (χ1v) is 5.72. The molecule has 0 aromatic heterocycles. The maximum atomic E-state index is 5.80. The Morgan fingerprint density at radius 2 is 1.91 bits per heavy atom. The van der Waals surface area contributed by atoms with Crippen molar-refractivity contribution in [3.05, 3.63) is 29.8 Å². The highest BCUT2D eigenvalue weighted by Gasteiger charge is 2.03. The van der Waals surface area contributed by atoms with E-state index in [1.807, 2.05) is 6.07 Å². The number of hydrogen-bond acceptors (Lipinski definition) is 0. The van der Waals surface area contributed by atoms with Crippen molar-refractivity contribution in [2.45, 2.75) is 19.8 Å². The number of rotatable bonds is 2. The van der Waals surface area contributed by atoms with Crippen LogP contribution in [-0.4, -0.2) is 0 Å². The summed E-state index contributed by atoms with van der Waals surface area (Å²) in [6.07, 6.45) is 0. The summed E-state index contributed by atoms with van der Waals surface area (Å²) in [5.74, 6) is 0.581. The van der Waals surface area contributed by atoms with Crippen molar-refractivity contribution in [3.8, 4) is 0 Å². The fourth-order valence-corrected chi connectivity index (χ4v) is 2.24. The second-order valence-electron chi connectivity index (χ2n) is 2.84. The third-order valence-electron chi connectivity index (χ3n) is 1.68. The lowest BCUT2D eigenvalue weighted by Gasteiger charge is -2.08. The van der Waals surface area contributed by atoms with Crippen LogP contribution in [0.5, 0.6) is 0 Å². The lowest BCUT2D eigenvalue weighted by Crippen LogP contribution is -2.03. The Morgan fingerprint density at radius 3 is 2.36 bits per heavy atom. The molecule has 1 atom stereocenters. The van der Waals surface area contributed by atoms with Gasteiger partial charge in [-0.15, -0.1) is 0 Å². The molecule has 0 heterocycles. The molecular formula is C9H12ClP. The van der Waals surface area contributed by atoms with E-state index in [4.69, 9.17) is 11.2 Å². The Balaban J connectivity index is 3.02. The number of benzene rings is 1. The van der Waals surface area contributed by atoms with Gasteiger partial charge in [-0.05, 0) is 16.8 Å². The minimum Gasteiger partial charge on any atom is -0.0948 e. The largest absolute Gasteiger partial charge is 0.0948 e. The molecule has 11 heavy (non-hydrogen) atoms. The van der Waals surface area contributed by atoms with Gasteiger partial charge in [-0.1, -0.05) is 49.4 Å². The second-order valence-corrected chi connectivity index (χ2v) is 4.13. The third kappa shape index (κ3) is 2.18. The van der Waals surface area contributed by atoms with Gasteiger partial charge in [0.2, 0.25) is 0 Å². The highest BCUT2D eigenvalue weighted by atomic mass is 35.7. The summed E-state index contributed by atoms with van der Waals surface area (Å²) in [4.78, 5) is 0. The monoisotopic (exact) mass is 186 g/mol. The summed E-state index contributed by atoms with van der Waals surface area (Å²) in [5, 5.41) is 1.28. The van der Waals surface area contributed by atoms with E-state index < -0.39 is 0 Å². The molecule has 0 aliphatic rings. The molecule has 2 heteroatoms. The first kappa shape index (κ1) is 9.03. The van der Waals surface area contributed by atoms with E-state index >= 15 is 0 Å². The molecule has 1 aromatic carbocycles. The number of halogens is 1. The molecule has 0 spiro atoms. The van der Waals surface area contributed by atoms with E-state index in [-0.39, 0.29) is 0 Å². The van der Waals surface area contributed by atoms with Crippen LogP contribution in [0.25, 0.3) is 0 Å². The van der Waals surface area contributed by atoms with Crippen molar-refractivity contribution in [1.82, 2.24) is 0 Å². The van der Waals surface area contributed by atoms with Crippen molar-refractivity contribution >= 4 is 24.5 Å². The van der Waals surface area contributed by atoms with Crippen LogP contribution in [0, 0.1) is 0 Å². The molecule has 0 nitrogen and oxygen atoms in total. The molecular weight excluding hydrogens is 175 g/mol. The highest BCUT2D eigenvalue weighted by molar-refractivity contribution is 7.75. The molecule has 0 saturated carbocycles. The van der Waals surface area contributed by atoms with Gasteiger partial charge in [-0.3, -0.25) is 0 Å². The van der Waals surface area contributed by atoms with Gasteiger partial charge in [0.1, 0.15) is 0 Å². The predicted octanol–water partition coefficient (Wildman–Crippen LogP) is 3.27. The molecule has 0 aliphatic heterocycles. The van der Waals surface area contributed by atoms with Crippen LogP contribution in [0.3, 0.4) is 0 Å². The van der Waals surface area contributed by atoms with Crippen molar-refractivity contribution in [2.24, 2.45) is 0 Å². The summed E-state index contributed by atoms with van der Waals surface area (Å²) in [6.45, 7) is 4.38. The summed E-state index contributed by atoms with van der Waals surface area (Å²) in [5.41, 5.74) is 1.38. The van der Waals surface area contributed by atoms with E-state index in [9.17, 15) is 0 Å². The zero-order valence-electron chi connectivity index (χ0n) is 6.76. The van der Waals surface area contributed by atoms with Crippen LogP contribution in [0.1, 0.15) is 25.3 Å². The van der Waals surface area contributed by atoms with Crippen molar-refractivity contribution in [3.63, 3.8) is 0 Å². The van der Waals surface area contributed by atoms with Crippen LogP contribution >= 0.6 is 19.2 Å². The molecule has 1 rings (SSSR count). The minimum absolute atomic E-state index is 0.394. The SMILES string of the molecule is CC(C)c1ccccc1PCl. The quantitative estimate of drug-likeness (QED) is 0.622. The Bertz CT molecular complexity index is 233. The average molecular weight is 187 g/mol. The zero-order valence-corrected chi connectivity index (χ0v) is 8.52. The average Bonchev–Trinajstić information content (AvgIpc) is 2.04. The van der Waals surface area contributed by atoms with Gasteiger partial charge in [-0.25, -0.2) is 0 Å². The summed E-state index contributed by atoms with van der Waals surface area (Å²) in [7, 11) is 0.394. The van der Waals surface area contributed by atoms with Gasteiger partial charge < -0.3 is 0 Å². The topological polar surface area (TPSA) is 0 Å². The van der Waals surface area contributed by atoms with E-state index in [1.54, 1.807) is 0 Å². The molecule has 0 bridgehead atoms. The molecule has 0 radical (unpaired) electrons. The first-order valence-electron chi connectivity index (χ1n) is 3.71. The van der Waals surface area contributed by atoms with Gasteiger partial charge in [0.25, 0.3) is 0 Å². The van der Waals surface area contributed by atoms with Crippen LogP contribution in [0.15, 0.2) is 24.3 Å². The van der Waals surface area contributed by atoms with Gasteiger partial charge in [0.05, 0.1) is 0 Å². The maximum Gasteiger partial charge on any atom is 0.00688 e. The normalized spacial score (nSPS) is 11.6. The molecule has 0 aliphatic carbocycles. The Morgan fingerprint density at radius 1 is 1.27 bits per heavy atom. The minimum atomic E-state index is 0.394. The van der Waals surface area contributed by atoms with Crippen LogP contribution in [0.2, 0.25) is 0 Å². The Labute approximate surface area is 74.5 Å². The molecule has 60 valence electrons. The van der Waals surface area contributed by atoms with Gasteiger partial charge >= 0.3 is 0 Å². The molecule has 0 saturated heterocycles. The molecule has 0 N–H and O–H groups in total. The van der Waals surface area contributed by atoms with Crippen LogP contribution in [-0.2, 0) is 0 Å². The fourth-order valence-electron chi connectivity index (χ4n) is 1.09. The lowest BCUT2D eigenvalue weighted by molar-refractivity contribution is 0.874. The van der Waals surface area contributed by atoms with E-state index in [1.165, 1.54) is 10.9 Å². The third-order valence-corrected chi connectivity index (χ3v) is 2.95. The summed E-state index contributed by atoms with van der Waals surface area (Å²) >= 11 is 5.80. The predicted molar refractivity (Wildman–Crippen MR) is 54.3 cm³/mol. The number of hydrogen-bond donors (Lipinski definition) is 0. The van der Waals surface area contributed by atoms with Crippen molar-refractivity contribution in [1.29, 1.82) is 0 Å². The van der Waals surface area contributed by atoms with Crippen LogP contribution < -0.4 is 5.30 Å². The molecule has 0 fully saturated rings. The molecule has 1 aromatic rings. The standard InChI is InChI=1S/C9H12ClP/c1-7(2)8-5-3-4-6-9(8)11-10/h3-7,11H,1-2H3. The van der Waals surface area contributed by atoms with Gasteiger partial charge in [0.15, 0.2) is 0 Å². The molecule has 1 unspecified atom stereocenters. The lowest BCUT2D eigenvalue weighted by atomic mass is 10.0. The van der Waals surface area contributed by atoms with E-state index in [2.05, 4.69) is 32.0 Å². The van der Waals surface area contributed by atoms with E-state index in [0.717, 1.165) is 0 Å². The first-order chi connectivity index (χ1) is 5.25. The maximum absolute atomic E-state index is 5.80. The van der Waals surface area contributed by atoms with Crippen LogP contribution in [0.4, 0.5) is 0 Å².